The Morgan fingerprint density at radius 2 is 1.88 bits per heavy atom. The van der Waals surface area contributed by atoms with E-state index in [1.54, 1.807) is 0 Å². The molecule has 11 heteroatoms. The molecule has 0 radical (unpaired) electrons. The predicted molar refractivity (Wildman–Crippen MR) is 127 cm³/mol. The van der Waals surface area contributed by atoms with E-state index in [1.807, 2.05) is 43.3 Å². The molecular formula is C23H20ClF3N6O. The molecule has 0 aliphatic heterocycles. The zero-order valence-electron chi connectivity index (χ0n) is 18.1. The number of aromatic amines is 1. The van der Waals surface area contributed by atoms with Gasteiger partial charge in [0.1, 0.15) is 11.3 Å². The third kappa shape index (κ3) is 4.58. The molecule has 0 fully saturated rings. The van der Waals surface area contributed by atoms with E-state index in [1.165, 1.54) is 12.1 Å². The Hall–Kier alpha value is -3.92. The number of nitrogens with zero attached hydrogens (tertiary/aromatic N) is 3. The van der Waals surface area contributed by atoms with Crippen molar-refractivity contribution in [2.24, 2.45) is 5.16 Å². The third-order valence-corrected chi connectivity index (χ3v) is 5.41. The van der Waals surface area contributed by atoms with Gasteiger partial charge in [-0.1, -0.05) is 35.0 Å². The van der Waals surface area contributed by atoms with Gasteiger partial charge in [-0.15, -0.1) is 0 Å². The lowest BCUT2D eigenvalue weighted by molar-refractivity contribution is 0.319. The van der Waals surface area contributed by atoms with E-state index in [4.69, 9.17) is 11.6 Å². The number of imidazole rings is 1. The lowest BCUT2D eigenvalue weighted by Gasteiger charge is -2.17. The van der Waals surface area contributed by atoms with Crippen LogP contribution in [-0.4, -0.2) is 35.1 Å². The van der Waals surface area contributed by atoms with E-state index in [2.05, 4.69) is 25.8 Å². The van der Waals surface area contributed by atoms with Crippen molar-refractivity contribution in [1.82, 2.24) is 9.97 Å². The number of hydrogen-bond donors (Lipinski definition) is 4. The number of halogens is 4. The van der Waals surface area contributed by atoms with Gasteiger partial charge in [0, 0.05) is 37.6 Å². The average Bonchev–Trinajstić information content (AvgIpc) is 3.25. The van der Waals surface area contributed by atoms with Crippen LogP contribution in [0.2, 0.25) is 5.02 Å². The number of anilines is 3. The van der Waals surface area contributed by atoms with Gasteiger partial charge < -0.3 is 25.7 Å². The van der Waals surface area contributed by atoms with Crippen molar-refractivity contribution < 1.29 is 18.4 Å². The summed E-state index contributed by atoms with van der Waals surface area (Å²) in [6.45, 7) is 0.362. The van der Waals surface area contributed by atoms with Gasteiger partial charge in [0.05, 0.1) is 10.5 Å². The first kappa shape index (κ1) is 23.2. The molecule has 0 saturated heterocycles. The number of benzene rings is 3. The maximum Gasteiger partial charge on any atom is 0.201 e. The fourth-order valence-electron chi connectivity index (χ4n) is 3.51. The zero-order chi connectivity index (χ0) is 24.4. The molecule has 1 heterocycles. The summed E-state index contributed by atoms with van der Waals surface area (Å²) < 4.78 is 42.4. The van der Waals surface area contributed by atoms with Gasteiger partial charge in [0.2, 0.25) is 5.95 Å². The molecule has 0 bridgehead atoms. The molecule has 4 N–H and O–H groups in total. The normalized spacial score (nSPS) is 11.6. The minimum atomic E-state index is -1.18. The summed E-state index contributed by atoms with van der Waals surface area (Å²) in [4.78, 5) is 9.01. The van der Waals surface area contributed by atoms with Crippen LogP contribution in [0.15, 0.2) is 53.7 Å². The van der Waals surface area contributed by atoms with Gasteiger partial charge >= 0.3 is 0 Å². The first-order valence-electron chi connectivity index (χ1n) is 10.1. The van der Waals surface area contributed by atoms with Gasteiger partial charge in [-0.05, 0) is 35.9 Å². The van der Waals surface area contributed by atoms with Crippen LogP contribution in [0.5, 0.6) is 0 Å². The van der Waals surface area contributed by atoms with Crippen LogP contribution in [0, 0.1) is 17.5 Å². The first-order chi connectivity index (χ1) is 16.3. The minimum Gasteiger partial charge on any atom is -0.409 e. The summed E-state index contributed by atoms with van der Waals surface area (Å²) >= 11 is 5.79. The van der Waals surface area contributed by atoms with E-state index in [0.717, 1.165) is 23.4 Å². The molecule has 3 aromatic carbocycles. The van der Waals surface area contributed by atoms with Crippen molar-refractivity contribution in [3.63, 3.8) is 0 Å². The number of amidine groups is 1. The summed E-state index contributed by atoms with van der Waals surface area (Å²) in [5.41, 5.74) is 2.05. The van der Waals surface area contributed by atoms with E-state index in [-0.39, 0.29) is 39.1 Å². The van der Waals surface area contributed by atoms with Crippen LogP contribution >= 0.6 is 11.6 Å². The molecule has 0 atom stereocenters. The number of fused-ring (bicyclic) bond motifs is 1. The largest absolute Gasteiger partial charge is 0.409 e. The molecule has 4 rings (SSSR count). The summed E-state index contributed by atoms with van der Waals surface area (Å²) in [6.07, 6.45) is 0. The lowest BCUT2D eigenvalue weighted by Crippen LogP contribution is -2.15. The molecule has 4 aromatic rings. The van der Waals surface area contributed by atoms with Crippen LogP contribution in [0.1, 0.15) is 11.1 Å². The van der Waals surface area contributed by atoms with Crippen LogP contribution in [0.4, 0.5) is 30.5 Å². The number of H-pyrrole nitrogens is 1. The van der Waals surface area contributed by atoms with Gasteiger partial charge in [-0.25, -0.2) is 18.2 Å². The number of rotatable bonds is 6. The molecule has 34 heavy (non-hydrogen) atoms. The fraction of sp³-hybridized carbons (Fsp3) is 0.130. The van der Waals surface area contributed by atoms with E-state index in [0.29, 0.717) is 6.54 Å². The van der Waals surface area contributed by atoms with Gasteiger partial charge in [-0.2, -0.15) is 0 Å². The molecule has 0 unspecified atom stereocenters. The Balaban J connectivity index is 1.68. The SMILES string of the molecule is CN(C)c1ccccc1CNc1nc2c(F)c(F)cc(/C(=N\O)Nc3ccc(F)c(Cl)c3)c2[nH]1. The zero-order valence-corrected chi connectivity index (χ0v) is 18.9. The topological polar surface area (TPSA) is 88.6 Å². The second-order valence-electron chi connectivity index (χ2n) is 7.61. The maximum absolute atomic E-state index is 14.5. The molecule has 0 aliphatic carbocycles. The molecular weight excluding hydrogens is 469 g/mol. The van der Waals surface area contributed by atoms with Crippen LogP contribution in [0.25, 0.3) is 11.0 Å². The maximum atomic E-state index is 14.5. The molecule has 0 amide bonds. The Labute approximate surface area is 197 Å². The Morgan fingerprint density at radius 1 is 1.12 bits per heavy atom. The van der Waals surface area contributed by atoms with Crippen molar-refractivity contribution in [3.8, 4) is 0 Å². The number of oxime groups is 1. The van der Waals surface area contributed by atoms with E-state index >= 15 is 0 Å². The van der Waals surface area contributed by atoms with Crippen molar-refractivity contribution in [3.05, 3.63) is 82.1 Å². The highest BCUT2D eigenvalue weighted by atomic mass is 35.5. The Morgan fingerprint density at radius 3 is 2.59 bits per heavy atom. The number of nitrogens with one attached hydrogen (secondary N) is 3. The lowest BCUT2D eigenvalue weighted by atomic mass is 10.1. The first-order valence-corrected chi connectivity index (χ1v) is 10.5. The van der Waals surface area contributed by atoms with Gasteiger partial charge in [0.25, 0.3) is 0 Å². The molecule has 0 aliphatic rings. The average molecular weight is 489 g/mol. The van der Waals surface area contributed by atoms with E-state index < -0.39 is 17.5 Å². The van der Waals surface area contributed by atoms with Crippen molar-refractivity contribution >= 4 is 45.8 Å². The highest BCUT2D eigenvalue weighted by molar-refractivity contribution is 6.31. The Bertz CT molecular complexity index is 1390. The fourth-order valence-corrected chi connectivity index (χ4v) is 3.69. The van der Waals surface area contributed by atoms with Gasteiger partial charge in [-0.3, -0.25) is 0 Å². The minimum absolute atomic E-state index is 0.00564. The van der Waals surface area contributed by atoms with Crippen LogP contribution in [-0.2, 0) is 6.54 Å². The number of para-hydroxylation sites is 1. The summed E-state index contributed by atoms with van der Waals surface area (Å²) in [7, 11) is 3.84. The monoisotopic (exact) mass is 488 g/mol. The standard InChI is InChI=1S/C23H20ClF3N6O/c1-33(2)18-6-4-3-5-12(18)11-28-23-30-20-14(10-17(26)19(27)21(20)31-23)22(32-34)29-13-7-8-16(25)15(24)9-13/h3-10,34H,11H2,1-2H3,(H,29,32)(H2,28,30,31). The van der Waals surface area contributed by atoms with Crippen molar-refractivity contribution in [2.75, 3.05) is 29.6 Å². The summed E-state index contributed by atoms with van der Waals surface area (Å²) in [6, 6.07) is 12.3. The summed E-state index contributed by atoms with van der Waals surface area (Å²) in [5, 5.41) is 18.4. The molecule has 7 nitrogen and oxygen atoms in total. The molecule has 176 valence electrons. The van der Waals surface area contributed by atoms with E-state index in [9.17, 15) is 18.4 Å². The predicted octanol–water partition coefficient (Wildman–Crippen LogP) is 5.56. The van der Waals surface area contributed by atoms with Gasteiger partial charge in [0.15, 0.2) is 17.5 Å². The van der Waals surface area contributed by atoms with Crippen molar-refractivity contribution in [1.29, 1.82) is 0 Å². The third-order valence-electron chi connectivity index (χ3n) is 5.12. The molecule has 0 spiro atoms. The summed E-state index contributed by atoms with van der Waals surface area (Å²) in [5.74, 6) is -3.00. The highest BCUT2D eigenvalue weighted by Gasteiger charge is 2.21. The number of hydrogen-bond acceptors (Lipinski definition) is 5. The second-order valence-corrected chi connectivity index (χ2v) is 8.02. The van der Waals surface area contributed by atoms with Crippen LogP contribution in [0.3, 0.4) is 0 Å². The van der Waals surface area contributed by atoms with Crippen LogP contribution < -0.4 is 15.5 Å². The second kappa shape index (κ2) is 9.52. The molecule has 0 saturated carbocycles. The number of aromatic nitrogens is 2. The Kier molecular flexibility index (Phi) is 6.51. The van der Waals surface area contributed by atoms with Crippen molar-refractivity contribution in [2.45, 2.75) is 6.54 Å². The smallest absolute Gasteiger partial charge is 0.201 e. The molecule has 1 aromatic heterocycles. The highest BCUT2D eigenvalue weighted by Crippen LogP contribution is 2.27. The quantitative estimate of drug-likeness (QED) is 0.123.